The maximum atomic E-state index is 12.6. The number of benzene rings is 2. The predicted octanol–water partition coefficient (Wildman–Crippen LogP) is 5.14. The lowest BCUT2D eigenvalue weighted by molar-refractivity contribution is 0.102. The fourth-order valence-corrected chi connectivity index (χ4v) is 3.79. The largest absolute Gasteiger partial charge is 0.339 e. The molecule has 1 heterocycles. The Hall–Kier alpha value is -2.64. The number of aromatic nitrogens is 1. The molecule has 0 aliphatic carbocycles. The average molecular weight is 398 g/mol. The first kappa shape index (κ1) is 19.1. The topological polar surface area (TPSA) is 62.3 Å². The fourth-order valence-electron chi connectivity index (χ4n) is 2.24. The summed E-state index contributed by atoms with van der Waals surface area (Å²) in [7, 11) is 3.39. The first-order chi connectivity index (χ1) is 12.9. The van der Waals surface area contributed by atoms with Crippen molar-refractivity contribution in [1.29, 1.82) is 0 Å². The number of carbonyl (C=O) groups is 2. The zero-order chi connectivity index (χ0) is 19.4. The first-order valence-electron chi connectivity index (χ1n) is 8.26. The van der Waals surface area contributed by atoms with Crippen molar-refractivity contribution < 1.29 is 9.59 Å². The minimum atomic E-state index is -0.296. The molecule has 0 saturated carbocycles. The minimum Gasteiger partial charge on any atom is -0.339 e. The van der Waals surface area contributed by atoms with E-state index in [1.54, 1.807) is 31.6 Å². The van der Waals surface area contributed by atoms with Gasteiger partial charge in [0.05, 0.1) is 5.69 Å². The van der Waals surface area contributed by atoms with E-state index >= 15 is 0 Å². The molecular weight excluding hydrogens is 378 g/mol. The highest BCUT2D eigenvalue weighted by atomic mass is 32.2. The molecule has 3 aromatic rings. The Morgan fingerprint density at radius 1 is 1.07 bits per heavy atom. The van der Waals surface area contributed by atoms with E-state index in [2.05, 4.69) is 10.3 Å². The molecule has 5 nitrogen and oxygen atoms in total. The summed E-state index contributed by atoms with van der Waals surface area (Å²) in [6.07, 6.45) is 0. The maximum Gasteiger partial charge on any atom is 0.286 e. The van der Waals surface area contributed by atoms with E-state index in [-0.39, 0.29) is 11.1 Å². The molecule has 27 heavy (non-hydrogen) atoms. The highest BCUT2D eigenvalue weighted by Crippen LogP contribution is 2.29. The molecule has 2 aromatic carbocycles. The average Bonchev–Trinajstić information content (AvgIpc) is 3.14. The number of nitrogens with zero attached hydrogens (tertiary/aromatic N) is 2. The van der Waals surface area contributed by atoms with Crippen LogP contribution in [0.3, 0.4) is 0 Å². The molecule has 0 saturated heterocycles. The van der Waals surface area contributed by atoms with E-state index in [1.807, 2.05) is 43.3 Å². The number of amides is 2. The second-order valence-corrected chi connectivity index (χ2v) is 7.97. The number of aryl methyl sites for hydroxylation is 1. The van der Waals surface area contributed by atoms with Gasteiger partial charge >= 0.3 is 0 Å². The van der Waals surface area contributed by atoms with Crippen LogP contribution in [0, 0.1) is 6.92 Å². The second-order valence-electron chi connectivity index (χ2n) is 6.12. The van der Waals surface area contributed by atoms with Gasteiger partial charge in [0, 0.05) is 29.9 Å². The number of para-hydroxylation sites is 1. The maximum absolute atomic E-state index is 12.6. The lowest BCUT2D eigenvalue weighted by Gasteiger charge is -2.12. The van der Waals surface area contributed by atoms with Crippen molar-refractivity contribution in [3.05, 3.63) is 65.2 Å². The first-order valence-corrected chi connectivity index (χ1v) is 9.96. The number of carbonyl (C=O) groups excluding carboxylic acids is 2. The van der Waals surface area contributed by atoms with Gasteiger partial charge < -0.3 is 10.2 Å². The Balaban J connectivity index is 1.77. The van der Waals surface area contributed by atoms with Crippen molar-refractivity contribution in [3.8, 4) is 10.6 Å². The molecule has 0 spiro atoms. The van der Waals surface area contributed by atoms with Gasteiger partial charge in [-0.15, -0.1) is 11.3 Å². The second kappa shape index (κ2) is 8.37. The normalized spacial score (nSPS) is 10.5. The van der Waals surface area contributed by atoms with Gasteiger partial charge in [0.1, 0.15) is 10.7 Å². The summed E-state index contributed by atoms with van der Waals surface area (Å²) < 4.78 is 0. The van der Waals surface area contributed by atoms with Crippen LogP contribution in [0.5, 0.6) is 0 Å². The van der Waals surface area contributed by atoms with Crippen LogP contribution >= 0.6 is 23.1 Å². The summed E-state index contributed by atoms with van der Waals surface area (Å²) in [6.45, 7) is 2.03. The molecule has 0 aliphatic rings. The molecule has 7 heteroatoms. The summed E-state index contributed by atoms with van der Waals surface area (Å²) in [5, 5.41) is 5.29. The third kappa shape index (κ3) is 4.75. The summed E-state index contributed by atoms with van der Waals surface area (Å²) in [4.78, 5) is 31.2. The third-order valence-electron chi connectivity index (χ3n) is 3.73. The zero-order valence-electron chi connectivity index (χ0n) is 15.2. The number of rotatable bonds is 4. The summed E-state index contributed by atoms with van der Waals surface area (Å²) in [5.74, 6) is -0.296. The van der Waals surface area contributed by atoms with Crippen LogP contribution in [0.4, 0.5) is 10.5 Å². The van der Waals surface area contributed by atoms with E-state index in [0.29, 0.717) is 16.3 Å². The number of thiazole rings is 1. The van der Waals surface area contributed by atoms with Gasteiger partial charge in [0.2, 0.25) is 0 Å². The van der Waals surface area contributed by atoms with Crippen molar-refractivity contribution in [3.63, 3.8) is 0 Å². The van der Waals surface area contributed by atoms with Crippen molar-refractivity contribution in [2.45, 2.75) is 11.8 Å². The summed E-state index contributed by atoms with van der Waals surface area (Å²) in [5.41, 5.74) is 3.11. The number of anilines is 1. The zero-order valence-corrected chi connectivity index (χ0v) is 16.9. The molecule has 1 aromatic heterocycles. The molecule has 0 radical (unpaired) electrons. The highest BCUT2D eigenvalue weighted by Gasteiger charge is 2.16. The van der Waals surface area contributed by atoms with Crippen molar-refractivity contribution in [2.24, 2.45) is 0 Å². The molecule has 138 valence electrons. The molecule has 0 aliphatic heterocycles. The molecule has 2 amide bonds. The quantitative estimate of drug-likeness (QED) is 0.619. The van der Waals surface area contributed by atoms with Crippen LogP contribution in [-0.2, 0) is 0 Å². The summed E-state index contributed by atoms with van der Waals surface area (Å²) >= 11 is 2.50. The Morgan fingerprint density at radius 3 is 2.48 bits per heavy atom. The van der Waals surface area contributed by atoms with E-state index < -0.39 is 0 Å². The molecule has 1 N–H and O–H groups in total. The van der Waals surface area contributed by atoms with Gasteiger partial charge in [-0.1, -0.05) is 42.0 Å². The SMILES string of the molecule is Cc1ccc(-c2nc(C(=O)Nc3ccccc3SC(=O)N(C)C)cs2)cc1. The number of thioether (sulfide) groups is 1. The number of hydrogen-bond acceptors (Lipinski definition) is 5. The van der Waals surface area contributed by atoms with Gasteiger partial charge in [-0.3, -0.25) is 9.59 Å². The van der Waals surface area contributed by atoms with Gasteiger partial charge in [0.15, 0.2) is 0 Å². The Kier molecular flexibility index (Phi) is 5.93. The van der Waals surface area contributed by atoms with Crippen LogP contribution in [-0.4, -0.2) is 35.1 Å². The van der Waals surface area contributed by atoms with Crippen LogP contribution in [0.2, 0.25) is 0 Å². The van der Waals surface area contributed by atoms with Crippen LogP contribution < -0.4 is 5.32 Å². The van der Waals surface area contributed by atoms with Gasteiger partial charge in [-0.25, -0.2) is 4.98 Å². The third-order valence-corrected chi connectivity index (χ3v) is 5.74. The Labute approximate surface area is 166 Å². The van der Waals surface area contributed by atoms with Crippen molar-refractivity contribution in [2.75, 3.05) is 19.4 Å². The number of hydrogen-bond donors (Lipinski definition) is 1. The molecular formula is C20H19N3O2S2. The van der Waals surface area contributed by atoms with Crippen molar-refractivity contribution in [1.82, 2.24) is 9.88 Å². The van der Waals surface area contributed by atoms with Gasteiger partial charge in [0.25, 0.3) is 11.1 Å². The van der Waals surface area contributed by atoms with Crippen LogP contribution in [0.25, 0.3) is 10.6 Å². The van der Waals surface area contributed by atoms with Crippen LogP contribution in [0.15, 0.2) is 58.8 Å². The van der Waals surface area contributed by atoms with Gasteiger partial charge in [-0.2, -0.15) is 0 Å². The van der Waals surface area contributed by atoms with E-state index in [1.165, 1.54) is 21.8 Å². The number of nitrogens with one attached hydrogen (secondary N) is 1. The van der Waals surface area contributed by atoms with Gasteiger partial charge in [-0.05, 0) is 30.8 Å². The van der Waals surface area contributed by atoms with E-state index in [9.17, 15) is 9.59 Å². The standard InChI is InChI=1S/C20H19N3O2S2/c1-13-8-10-14(11-9-13)19-22-16(12-26-19)18(24)21-15-6-4-5-7-17(15)27-20(25)23(2)3/h4-12H,1-3H3,(H,21,24). The molecule has 0 unspecified atom stereocenters. The molecule has 0 atom stereocenters. The van der Waals surface area contributed by atoms with E-state index in [0.717, 1.165) is 22.3 Å². The fraction of sp³-hybridized carbons (Fsp3) is 0.150. The molecule has 0 fully saturated rings. The molecule has 3 rings (SSSR count). The summed E-state index contributed by atoms with van der Waals surface area (Å²) in [6, 6.07) is 15.3. The Bertz CT molecular complexity index is 965. The predicted molar refractivity (Wildman–Crippen MR) is 112 cm³/mol. The van der Waals surface area contributed by atoms with Crippen molar-refractivity contribution >= 4 is 39.9 Å². The lowest BCUT2D eigenvalue weighted by Crippen LogP contribution is -2.17. The van der Waals surface area contributed by atoms with E-state index in [4.69, 9.17) is 0 Å². The van der Waals surface area contributed by atoms with Crippen LogP contribution in [0.1, 0.15) is 16.1 Å². The molecule has 0 bridgehead atoms. The smallest absolute Gasteiger partial charge is 0.286 e. The minimum absolute atomic E-state index is 0.105. The lowest BCUT2D eigenvalue weighted by atomic mass is 10.2. The Morgan fingerprint density at radius 2 is 1.78 bits per heavy atom. The highest BCUT2D eigenvalue weighted by molar-refractivity contribution is 8.13. The monoisotopic (exact) mass is 397 g/mol.